The van der Waals surface area contributed by atoms with Crippen molar-refractivity contribution in [2.75, 3.05) is 18.6 Å². The number of ether oxygens (including phenoxy) is 1. The fourth-order valence-corrected chi connectivity index (χ4v) is 3.73. The molecule has 0 saturated heterocycles. The van der Waals surface area contributed by atoms with Gasteiger partial charge in [-0.3, -0.25) is 9.67 Å². The maximum atomic E-state index is 5.42. The number of anilines is 1. The van der Waals surface area contributed by atoms with Gasteiger partial charge in [0.15, 0.2) is 0 Å². The lowest BCUT2D eigenvalue weighted by molar-refractivity contribution is 0.392. The molecule has 3 aromatic heterocycles. The smallest absolute Gasteiger partial charge is 0.221 e. The van der Waals surface area contributed by atoms with Crippen molar-refractivity contribution in [2.45, 2.75) is 33.7 Å². The van der Waals surface area contributed by atoms with E-state index in [9.17, 15) is 0 Å². The lowest BCUT2D eigenvalue weighted by Crippen LogP contribution is -2.32. The third-order valence-corrected chi connectivity index (χ3v) is 5.04. The van der Waals surface area contributed by atoms with Crippen LogP contribution in [0.1, 0.15) is 28.3 Å². The second-order valence-electron chi connectivity index (χ2n) is 7.03. The van der Waals surface area contributed by atoms with Crippen LogP contribution in [0.15, 0.2) is 18.5 Å². The third-order valence-electron chi connectivity index (χ3n) is 5.04. The molecule has 0 amide bonds. The Bertz CT molecular complexity index is 1010. The van der Waals surface area contributed by atoms with E-state index in [0.717, 1.165) is 59.2 Å². The van der Waals surface area contributed by atoms with E-state index in [4.69, 9.17) is 9.72 Å². The molecule has 1 aliphatic heterocycles. The summed E-state index contributed by atoms with van der Waals surface area (Å²) in [5.74, 6) is 2.30. The van der Waals surface area contributed by atoms with Crippen LogP contribution in [-0.2, 0) is 20.0 Å². The van der Waals surface area contributed by atoms with Crippen LogP contribution in [0.2, 0.25) is 0 Å². The molecule has 0 spiro atoms. The summed E-state index contributed by atoms with van der Waals surface area (Å²) in [6, 6.07) is 2.24. The zero-order valence-corrected chi connectivity index (χ0v) is 16.4. The number of rotatable bonds is 3. The van der Waals surface area contributed by atoms with Gasteiger partial charge in [-0.15, -0.1) is 0 Å². The average Bonchev–Trinajstić information content (AvgIpc) is 3.00. The van der Waals surface area contributed by atoms with Crippen LogP contribution in [0.25, 0.3) is 11.1 Å². The fraction of sp³-hybridized carbons (Fsp3) is 0.400. The summed E-state index contributed by atoms with van der Waals surface area (Å²) in [7, 11) is 3.59. The Morgan fingerprint density at radius 1 is 1.15 bits per heavy atom. The fourth-order valence-electron chi connectivity index (χ4n) is 3.73. The van der Waals surface area contributed by atoms with Crippen molar-refractivity contribution in [3.63, 3.8) is 0 Å². The highest BCUT2D eigenvalue weighted by Crippen LogP contribution is 2.31. The van der Waals surface area contributed by atoms with Gasteiger partial charge < -0.3 is 9.64 Å². The van der Waals surface area contributed by atoms with E-state index in [2.05, 4.69) is 26.0 Å². The first-order chi connectivity index (χ1) is 13.0. The molecule has 0 fully saturated rings. The topological polar surface area (TPSA) is 69.0 Å². The van der Waals surface area contributed by atoms with E-state index in [-0.39, 0.29) is 0 Å². The van der Waals surface area contributed by atoms with Crippen LogP contribution in [0.5, 0.6) is 5.88 Å². The van der Waals surface area contributed by atoms with Crippen LogP contribution in [0.4, 0.5) is 5.82 Å². The van der Waals surface area contributed by atoms with Crippen molar-refractivity contribution in [1.82, 2.24) is 24.7 Å². The largest absolute Gasteiger partial charge is 0.481 e. The zero-order chi connectivity index (χ0) is 19.1. The van der Waals surface area contributed by atoms with Gasteiger partial charge in [-0.2, -0.15) is 10.1 Å². The third kappa shape index (κ3) is 3.13. The van der Waals surface area contributed by atoms with Crippen LogP contribution in [-0.4, -0.2) is 38.4 Å². The van der Waals surface area contributed by atoms with E-state index in [1.165, 1.54) is 5.56 Å². The standard InChI is InChI=1S/C20H24N6O/c1-12-19(22-14(3)23-20(12)27-5)26-7-6-18-16(10-26)8-15(9-21-18)17-11-25(4)24-13(17)2/h8-9,11H,6-7,10H2,1-5H3. The molecule has 0 aromatic carbocycles. The first kappa shape index (κ1) is 17.5. The maximum absolute atomic E-state index is 5.42. The first-order valence-corrected chi connectivity index (χ1v) is 9.09. The Labute approximate surface area is 159 Å². The van der Waals surface area contributed by atoms with Gasteiger partial charge in [0.05, 0.1) is 18.4 Å². The summed E-state index contributed by atoms with van der Waals surface area (Å²) in [5, 5.41) is 4.45. The van der Waals surface area contributed by atoms with Gasteiger partial charge >= 0.3 is 0 Å². The van der Waals surface area contributed by atoms with Gasteiger partial charge in [0.2, 0.25) is 5.88 Å². The highest BCUT2D eigenvalue weighted by atomic mass is 16.5. The van der Waals surface area contributed by atoms with Gasteiger partial charge in [-0.25, -0.2) is 4.98 Å². The molecule has 0 bridgehead atoms. The van der Waals surface area contributed by atoms with E-state index in [1.54, 1.807) is 7.11 Å². The summed E-state index contributed by atoms with van der Waals surface area (Å²) < 4.78 is 7.26. The molecular formula is C20H24N6O. The second kappa shape index (κ2) is 6.64. The monoisotopic (exact) mass is 364 g/mol. The SMILES string of the molecule is COc1nc(C)nc(N2CCc3ncc(-c4cn(C)nc4C)cc3C2)c1C. The number of pyridine rings is 1. The highest BCUT2D eigenvalue weighted by Gasteiger charge is 2.23. The number of hydrogen-bond donors (Lipinski definition) is 0. The minimum absolute atomic E-state index is 0.640. The predicted molar refractivity (Wildman–Crippen MR) is 104 cm³/mol. The van der Waals surface area contributed by atoms with Crippen molar-refractivity contribution < 1.29 is 4.74 Å². The molecule has 7 nitrogen and oxygen atoms in total. The quantitative estimate of drug-likeness (QED) is 0.712. The molecule has 4 rings (SSSR count). The van der Waals surface area contributed by atoms with E-state index in [1.807, 2.05) is 44.9 Å². The van der Waals surface area contributed by atoms with Gasteiger partial charge in [0.1, 0.15) is 11.6 Å². The molecule has 1 aliphatic rings. The van der Waals surface area contributed by atoms with Crippen LogP contribution >= 0.6 is 0 Å². The molecule has 0 N–H and O–H groups in total. The lowest BCUT2D eigenvalue weighted by Gasteiger charge is -2.30. The summed E-state index contributed by atoms with van der Waals surface area (Å²) in [6.07, 6.45) is 4.90. The van der Waals surface area contributed by atoms with Crippen molar-refractivity contribution >= 4 is 5.82 Å². The Hall–Kier alpha value is -2.96. The van der Waals surface area contributed by atoms with E-state index >= 15 is 0 Å². The number of nitrogens with zero attached hydrogens (tertiary/aromatic N) is 6. The van der Waals surface area contributed by atoms with Crippen LogP contribution in [0, 0.1) is 20.8 Å². The van der Waals surface area contributed by atoms with Crippen molar-refractivity contribution in [1.29, 1.82) is 0 Å². The zero-order valence-electron chi connectivity index (χ0n) is 16.4. The molecule has 140 valence electrons. The number of aromatic nitrogens is 5. The van der Waals surface area contributed by atoms with Gasteiger partial charge in [-0.1, -0.05) is 0 Å². The van der Waals surface area contributed by atoms with Crippen molar-refractivity contribution in [2.24, 2.45) is 7.05 Å². The Balaban J connectivity index is 1.70. The van der Waals surface area contributed by atoms with Gasteiger partial charge in [0, 0.05) is 55.8 Å². The molecule has 0 aliphatic carbocycles. The molecule has 0 atom stereocenters. The minimum atomic E-state index is 0.640. The van der Waals surface area contributed by atoms with Crippen molar-refractivity contribution in [3.05, 3.63) is 46.8 Å². The second-order valence-corrected chi connectivity index (χ2v) is 7.03. The summed E-state index contributed by atoms with van der Waals surface area (Å²) >= 11 is 0. The summed E-state index contributed by atoms with van der Waals surface area (Å²) in [4.78, 5) is 16.1. The average molecular weight is 364 g/mol. The maximum Gasteiger partial charge on any atom is 0.221 e. The predicted octanol–water partition coefficient (Wildman–Crippen LogP) is 2.77. The molecule has 27 heavy (non-hydrogen) atoms. The molecular weight excluding hydrogens is 340 g/mol. The number of fused-ring (bicyclic) bond motifs is 1. The molecule has 3 aromatic rings. The minimum Gasteiger partial charge on any atom is -0.481 e. The van der Waals surface area contributed by atoms with Gasteiger partial charge in [-0.05, 0) is 32.4 Å². The van der Waals surface area contributed by atoms with Crippen LogP contribution in [0.3, 0.4) is 0 Å². The first-order valence-electron chi connectivity index (χ1n) is 9.09. The summed E-state index contributed by atoms with van der Waals surface area (Å²) in [6.45, 7) is 7.59. The molecule has 0 unspecified atom stereocenters. The Kier molecular flexibility index (Phi) is 4.30. The van der Waals surface area contributed by atoms with E-state index in [0.29, 0.717) is 5.88 Å². The Morgan fingerprint density at radius 2 is 1.96 bits per heavy atom. The number of aryl methyl sites for hydroxylation is 3. The number of methoxy groups -OCH3 is 1. The van der Waals surface area contributed by atoms with Gasteiger partial charge in [0.25, 0.3) is 0 Å². The number of hydrogen-bond acceptors (Lipinski definition) is 6. The molecule has 0 saturated carbocycles. The van der Waals surface area contributed by atoms with E-state index < -0.39 is 0 Å². The van der Waals surface area contributed by atoms with Crippen LogP contribution < -0.4 is 9.64 Å². The van der Waals surface area contributed by atoms with Crippen molar-refractivity contribution in [3.8, 4) is 17.0 Å². The summed E-state index contributed by atoms with van der Waals surface area (Å²) in [5.41, 5.74) is 6.61. The highest BCUT2D eigenvalue weighted by molar-refractivity contribution is 5.66. The molecule has 0 radical (unpaired) electrons. The lowest BCUT2D eigenvalue weighted by atomic mass is 10.0. The Morgan fingerprint density at radius 3 is 2.67 bits per heavy atom. The normalized spacial score (nSPS) is 13.6. The molecule has 4 heterocycles. The molecule has 7 heteroatoms.